The highest BCUT2D eigenvalue weighted by Crippen LogP contribution is 2.16. The van der Waals surface area contributed by atoms with E-state index in [1.54, 1.807) is 23.5 Å². The molecule has 1 amide bonds. The molecule has 0 aliphatic carbocycles. The van der Waals surface area contributed by atoms with E-state index >= 15 is 0 Å². The fraction of sp³-hybridized carbons (Fsp3) is 0.364. The van der Waals surface area contributed by atoms with Gasteiger partial charge in [-0.05, 0) is 47.7 Å². The average Bonchev–Trinajstić information content (AvgIpc) is 2.24. The Morgan fingerprint density at radius 1 is 1.50 bits per heavy atom. The number of rotatable bonds is 4. The number of benzene rings is 1. The van der Waals surface area contributed by atoms with Gasteiger partial charge < -0.3 is 10.1 Å². The van der Waals surface area contributed by atoms with Crippen LogP contribution in [0.5, 0.6) is 5.75 Å². The van der Waals surface area contributed by atoms with Crippen molar-refractivity contribution in [3.8, 4) is 5.75 Å². The molecule has 7 heteroatoms. The van der Waals surface area contributed by atoms with Gasteiger partial charge in [0.25, 0.3) is 5.91 Å². The van der Waals surface area contributed by atoms with Crippen LogP contribution in [0.4, 0.5) is 13.2 Å². The normalized spacial score (nSPS) is 12.9. The van der Waals surface area contributed by atoms with Crippen LogP contribution < -0.4 is 10.1 Å². The minimum atomic E-state index is -4.42. The number of hydrogen-bond donors (Lipinski definition) is 1. The number of nitrogens with one attached hydrogen (secondary N) is 1. The van der Waals surface area contributed by atoms with Gasteiger partial charge in [0.1, 0.15) is 12.3 Å². The van der Waals surface area contributed by atoms with Crippen molar-refractivity contribution in [1.29, 1.82) is 0 Å². The molecular formula is C11H11F3INO2. The molecule has 0 bridgehead atoms. The third-order valence-electron chi connectivity index (χ3n) is 1.94. The number of carbonyl (C=O) groups is 1. The molecular weight excluding hydrogens is 362 g/mol. The molecule has 1 atom stereocenters. The largest absolute Gasteiger partial charge is 0.481 e. The summed E-state index contributed by atoms with van der Waals surface area (Å²) in [5.41, 5.74) is 0. The van der Waals surface area contributed by atoms with Gasteiger partial charge in [0.05, 0.1) is 0 Å². The standard InChI is InChI=1S/C11H11F3INO2/c1-7(10(17)16-6-11(12,13)14)18-9-4-2-3-8(15)5-9/h2-5,7H,6H2,1H3,(H,16,17). The Bertz CT molecular complexity index is 423. The Balaban J connectivity index is 2.50. The predicted octanol–water partition coefficient (Wildman–Crippen LogP) is 2.74. The van der Waals surface area contributed by atoms with Crippen LogP contribution in [0.15, 0.2) is 24.3 Å². The summed E-state index contributed by atoms with van der Waals surface area (Å²) in [4.78, 5) is 11.3. The number of halogens is 4. The van der Waals surface area contributed by atoms with Crippen molar-refractivity contribution in [2.75, 3.05) is 6.54 Å². The van der Waals surface area contributed by atoms with Crippen LogP contribution in [-0.2, 0) is 4.79 Å². The monoisotopic (exact) mass is 373 g/mol. The topological polar surface area (TPSA) is 38.3 Å². The fourth-order valence-corrected chi connectivity index (χ4v) is 1.64. The molecule has 0 aliphatic rings. The molecule has 0 aliphatic heterocycles. The number of alkyl halides is 3. The minimum absolute atomic E-state index is 0.441. The first-order chi connectivity index (χ1) is 8.28. The van der Waals surface area contributed by atoms with Gasteiger partial charge in [-0.3, -0.25) is 4.79 Å². The predicted molar refractivity (Wildman–Crippen MR) is 68.3 cm³/mol. The van der Waals surface area contributed by atoms with Crippen LogP contribution in [-0.4, -0.2) is 24.7 Å². The van der Waals surface area contributed by atoms with Crippen LogP contribution in [0.25, 0.3) is 0 Å². The van der Waals surface area contributed by atoms with Crippen molar-refractivity contribution >= 4 is 28.5 Å². The summed E-state index contributed by atoms with van der Waals surface area (Å²) in [7, 11) is 0. The zero-order valence-corrected chi connectivity index (χ0v) is 11.6. The lowest BCUT2D eigenvalue weighted by molar-refractivity contribution is -0.142. The molecule has 1 N–H and O–H groups in total. The van der Waals surface area contributed by atoms with Crippen molar-refractivity contribution in [3.05, 3.63) is 27.8 Å². The first-order valence-electron chi connectivity index (χ1n) is 5.04. The van der Waals surface area contributed by atoms with Crippen LogP contribution in [0.1, 0.15) is 6.92 Å². The maximum atomic E-state index is 11.9. The highest BCUT2D eigenvalue weighted by molar-refractivity contribution is 14.1. The Labute approximate surface area is 116 Å². The maximum Gasteiger partial charge on any atom is 0.405 e. The highest BCUT2D eigenvalue weighted by Gasteiger charge is 2.29. The van der Waals surface area contributed by atoms with Crippen molar-refractivity contribution in [1.82, 2.24) is 5.32 Å². The van der Waals surface area contributed by atoms with Crippen LogP contribution in [0, 0.1) is 3.57 Å². The quantitative estimate of drug-likeness (QED) is 0.825. The first-order valence-corrected chi connectivity index (χ1v) is 6.12. The second-order valence-electron chi connectivity index (χ2n) is 3.55. The van der Waals surface area contributed by atoms with Crippen molar-refractivity contribution in [2.24, 2.45) is 0 Å². The number of ether oxygens (including phenoxy) is 1. The van der Waals surface area contributed by atoms with Crippen molar-refractivity contribution in [3.63, 3.8) is 0 Å². The molecule has 0 fully saturated rings. The zero-order valence-electron chi connectivity index (χ0n) is 9.42. The second kappa shape index (κ2) is 6.26. The Morgan fingerprint density at radius 3 is 2.72 bits per heavy atom. The minimum Gasteiger partial charge on any atom is -0.481 e. The number of hydrogen-bond acceptors (Lipinski definition) is 2. The summed E-state index contributed by atoms with van der Waals surface area (Å²) in [6.45, 7) is 0.0391. The van der Waals surface area contributed by atoms with E-state index in [-0.39, 0.29) is 0 Å². The van der Waals surface area contributed by atoms with E-state index in [2.05, 4.69) is 22.6 Å². The molecule has 0 heterocycles. The molecule has 0 spiro atoms. The molecule has 0 radical (unpaired) electrons. The van der Waals surface area contributed by atoms with E-state index in [0.717, 1.165) is 3.57 Å². The molecule has 0 saturated carbocycles. The van der Waals surface area contributed by atoms with E-state index in [4.69, 9.17) is 4.74 Å². The first kappa shape index (κ1) is 15.1. The van der Waals surface area contributed by atoms with E-state index in [9.17, 15) is 18.0 Å². The SMILES string of the molecule is CC(Oc1cccc(I)c1)C(=O)NCC(F)(F)F. The molecule has 1 aromatic carbocycles. The molecule has 1 rings (SSSR count). The van der Waals surface area contributed by atoms with Crippen LogP contribution in [0.2, 0.25) is 0 Å². The summed E-state index contributed by atoms with van der Waals surface area (Å²) in [5, 5.41) is 1.77. The van der Waals surface area contributed by atoms with E-state index in [0.29, 0.717) is 5.75 Å². The zero-order chi connectivity index (χ0) is 13.8. The van der Waals surface area contributed by atoms with Crippen molar-refractivity contribution in [2.45, 2.75) is 19.2 Å². The van der Waals surface area contributed by atoms with Crippen LogP contribution in [0.3, 0.4) is 0 Å². The number of amides is 1. The van der Waals surface area contributed by atoms with Gasteiger partial charge in [-0.15, -0.1) is 0 Å². The highest BCUT2D eigenvalue weighted by atomic mass is 127. The van der Waals surface area contributed by atoms with E-state index < -0.39 is 24.7 Å². The van der Waals surface area contributed by atoms with Gasteiger partial charge in [0.15, 0.2) is 6.10 Å². The van der Waals surface area contributed by atoms with Gasteiger partial charge in [0, 0.05) is 3.57 Å². The molecule has 3 nitrogen and oxygen atoms in total. The van der Waals surface area contributed by atoms with E-state index in [1.807, 2.05) is 6.07 Å². The maximum absolute atomic E-state index is 11.9. The lowest BCUT2D eigenvalue weighted by Crippen LogP contribution is -2.41. The fourth-order valence-electron chi connectivity index (χ4n) is 1.13. The second-order valence-corrected chi connectivity index (χ2v) is 4.80. The third-order valence-corrected chi connectivity index (χ3v) is 2.61. The van der Waals surface area contributed by atoms with Gasteiger partial charge >= 0.3 is 6.18 Å². The lowest BCUT2D eigenvalue weighted by Gasteiger charge is -2.15. The van der Waals surface area contributed by atoms with Gasteiger partial charge in [0.2, 0.25) is 0 Å². The summed E-state index contributed by atoms with van der Waals surface area (Å²) < 4.78 is 41.9. The molecule has 0 saturated heterocycles. The lowest BCUT2D eigenvalue weighted by atomic mass is 10.3. The molecule has 18 heavy (non-hydrogen) atoms. The van der Waals surface area contributed by atoms with Gasteiger partial charge in [-0.2, -0.15) is 13.2 Å². The van der Waals surface area contributed by atoms with Crippen molar-refractivity contribution < 1.29 is 22.7 Å². The molecule has 1 unspecified atom stereocenters. The summed E-state index contributed by atoms with van der Waals surface area (Å²) >= 11 is 2.07. The third kappa shape index (κ3) is 5.56. The smallest absolute Gasteiger partial charge is 0.405 e. The van der Waals surface area contributed by atoms with Gasteiger partial charge in [-0.1, -0.05) is 6.07 Å². The van der Waals surface area contributed by atoms with Gasteiger partial charge in [-0.25, -0.2) is 0 Å². The van der Waals surface area contributed by atoms with Crippen LogP contribution >= 0.6 is 22.6 Å². The average molecular weight is 373 g/mol. The molecule has 100 valence electrons. The summed E-state index contributed by atoms with van der Waals surface area (Å²) in [6.07, 6.45) is -5.40. The molecule has 0 aromatic heterocycles. The Morgan fingerprint density at radius 2 is 2.17 bits per heavy atom. The summed E-state index contributed by atoms with van der Waals surface area (Å²) in [6, 6.07) is 6.89. The molecule has 1 aromatic rings. The Kier molecular flexibility index (Phi) is 5.24. The summed E-state index contributed by atoms with van der Waals surface area (Å²) in [5.74, 6) is -0.359. The van der Waals surface area contributed by atoms with E-state index in [1.165, 1.54) is 6.92 Å². The number of carbonyl (C=O) groups excluding carboxylic acids is 1. The Hall–Kier alpha value is -0.990.